The Kier molecular flexibility index (Phi) is 10.2. The largest absolute Gasteiger partial charge is 0.390 e. The molecule has 0 amide bonds. The summed E-state index contributed by atoms with van der Waals surface area (Å²) in [6, 6.07) is 0. The van der Waals surface area contributed by atoms with E-state index in [9.17, 15) is 10.2 Å². The molecule has 2 N–H and O–H groups in total. The smallest absolute Gasteiger partial charge is 0.0679 e. The van der Waals surface area contributed by atoms with Crippen LogP contribution in [0.5, 0.6) is 0 Å². The molecule has 0 bridgehead atoms. The molecule has 0 rings (SSSR count). The van der Waals surface area contributed by atoms with Gasteiger partial charge in [0.25, 0.3) is 0 Å². The lowest BCUT2D eigenvalue weighted by Crippen LogP contribution is -2.39. The van der Waals surface area contributed by atoms with Crippen molar-refractivity contribution in [3.63, 3.8) is 0 Å². The van der Waals surface area contributed by atoms with Gasteiger partial charge in [0.2, 0.25) is 0 Å². The number of aliphatic hydroxyl groups is 2. The van der Waals surface area contributed by atoms with Gasteiger partial charge in [-0.05, 0) is 73.6 Å². The fraction of sp³-hybridized carbons (Fsp3) is 1.00. The molecular weight excluding hydrogens is 316 g/mol. The Hall–Kier alpha value is -0.160. The fourth-order valence-electron chi connectivity index (χ4n) is 3.35. The highest BCUT2D eigenvalue weighted by molar-refractivity contribution is 4.84. The van der Waals surface area contributed by atoms with E-state index in [0.29, 0.717) is 19.4 Å². The van der Waals surface area contributed by atoms with Crippen LogP contribution < -0.4 is 0 Å². The van der Waals surface area contributed by atoms with E-state index >= 15 is 0 Å². The van der Waals surface area contributed by atoms with Gasteiger partial charge in [-0.15, -0.1) is 0 Å². The fourth-order valence-corrected chi connectivity index (χ4v) is 3.35. The normalized spacial score (nSPS) is 18.0. The lowest BCUT2D eigenvalue weighted by atomic mass is 9.86. The van der Waals surface area contributed by atoms with Crippen LogP contribution in [0.4, 0.5) is 0 Å². The zero-order valence-electron chi connectivity index (χ0n) is 18.1. The van der Waals surface area contributed by atoms with Crippen LogP contribution in [-0.4, -0.2) is 45.8 Å². The SMILES string of the molecule is CCC(C)(O)CC(C)(CC)OCCCCCOC(C)(C)CC(C)(C)O. The average Bonchev–Trinajstić information content (AvgIpc) is 2.43. The standard InChI is InChI=1S/C21H44O4/c1-9-20(7,23)17-21(8,10-2)25-15-13-11-12-14-24-19(5,6)16-18(3,4)22/h22-23H,9-17H2,1-8H3. The van der Waals surface area contributed by atoms with Crippen molar-refractivity contribution in [3.05, 3.63) is 0 Å². The summed E-state index contributed by atoms with van der Waals surface area (Å²) < 4.78 is 12.0. The van der Waals surface area contributed by atoms with Crippen LogP contribution in [0, 0.1) is 0 Å². The zero-order valence-corrected chi connectivity index (χ0v) is 18.1. The molecule has 152 valence electrons. The molecule has 0 aliphatic carbocycles. The second kappa shape index (κ2) is 10.2. The first-order valence-corrected chi connectivity index (χ1v) is 9.97. The van der Waals surface area contributed by atoms with Crippen LogP contribution in [0.15, 0.2) is 0 Å². The van der Waals surface area contributed by atoms with E-state index in [1.54, 1.807) is 0 Å². The number of rotatable bonds is 14. The molecule has 0 saturated carbocycles. The van der Waals surface area contributed by atoms with E-state index < -0.39 is 11.2 Å². The van der Waals surface area contributed by atoms with Crippen molar-refractivity contribution in [2.75, 3.05) is 13.2 Å². The third-order valence-corrected chi connectivity index (χ3v) is 4.85. The molecule has 0 aromatic rings. The molecule has 2 unspecified atom stereocenters. The molecule has 0 aliphatic rings. The summed E-state index contributed by atoms with van der Waals surface area (Å²) in [6.45, 7) is 17.2. The summed E-state index contributed by atoms with van der Waals surface area (Å²) in [5, 5.41) is 20.2. The number of ether oxygens (including phenoxy) is 2. The lowest BCUT2D eigenvalue weighted by molar-refractivity contribution is -0.0941. The minimum Gasteiger partial charge on any atom is -0.390 e. The number of unbranched alkanes of at least 4 members (excludes halogenated alkanes) is 2. The van der Waals surface area contributed by atoms with Crippen molar-refractivity contribution >= 4 is 0 Å². The molecule has 0 aromatic carbocycles. The topological polar surface area (TPSA) is 58.9 Å². The van der Waals surface area contributed by atoms with Gasteiger partial charge in [-0.25, -0.2) is 0 Å². The molecule has 0 spiro atoms. The van der Waals surface area contributed by atoms with Gasteiger partial charge in [-0.3, -0.25) is 0 Å². The second-order valence-electron chi connectivity index (χ2n) is 9.34. The van der Waals surface area contributed by atoms with E-state index in [1.807, 2.05) is 41.5 Å². The van der Waals surface area contributed by atoms with Gasteiger partial charge in [0.05, 0.1) is 22.4 Å². The van der Waals surface area contributed by atoms with Crippen molar-refractivity contribution in [1.29, 1.82) is 0 Å². The first kappa shape index (κ1) is 24.8. The van der Waals surface area contributed by atoms with Crippen LogP contribution >= 0.6 is 0 Å². The average molecular weight is 361 g/mol. The first-order valence-electron chi connectivity index (χ1n) is 9.97. The Balaban J connectivity index is 3.98. The Morgan fingerprint density at radius 1 is 0.680 bits per heavy atom. The second-order valence-corrected chi connectivity index (χ2v) is 9.34. The van der Waals surface area contributed by atoms with Crippen molar-refractivity contribution < 1.29 is 19.7 Å². The van der Waals surface area contributed by atoms with Crippen LogP contribution in [0.3, 0.4) is 0 Å². The van der Waals surface area contributed by atoms with Crippen LogP contribution in [0.25, 0.3) is 0 Å². The maximum absolute atomic E-state index is 10.3. The maximum Gasteiger partial charge on any atom is 0.0679 e. The third kappa shape index (κ3) is 12.8. The van der Waals surface area contributed by atoms with Gasteiger partial charge in [-0.2, -0.15) is 0 Å². The third-order valence-electron chi connectivity index (χ3n) is 4.85. The molecule has 0 heterocycles. The van der Waals surface area contributed by atoms with Gasteiger partial charge >= 0.3 is 0 Å². The highest BCUT2D eigenvalue weighted by atomic mass is 16.5. The Morgan fingerprint density at radius 3 is 1.64 bits per heavy atom. The zero-order chi connectivity index (χ0) is 19.8. The molecule has 0 radical (unpaired) electrons. The van der Waals surface area contributed by atoms with Gasteiger partial charge in [0, 0.05) is 26.1 Å². The van der Waals surface area contributed by atoms with Crippen LogP contribution in [-0.2, 0) is 9.47 Å². The highest BCUT2D eigenvalue weighted by Crippen LogP contribution is 2.29. The highest BCUT2D eigenvalue weighted by Gasteiger charge is 2.32. The summed E-state index contributed by atoms with van der Waals surface area (Å²) in [5.74, 6) is 0. The van der Waals surface area contributed by atoms with Crippen molar-refractivity contribution in [2.45, 2.75) is 123 Å². The van der Waals surface area contributed by atoms with Gasteiger partial charge in [0.15, 0.2) is 0 Å². The summed E-state index contributed by atoms with van der Waals surface area (Å²) in [5.41, 5.74) is -1.93. The van der Waals surface area contributed by atoms with Crippen molar-refractivity contribution in [2.24, 2.45) is 0 Å². The van der Waals surface area contributed by atoms with Crippen LogP contribution in [0.2, 0.25) is 0 Å². The van der Waals surface area contributed by atoms with Gasteiger partial charge in [-0.1, -0.05) is 13.8 Å². The Bertz CT molecular complexity index is 357. The lowest BCUT2D eigenvalue weighted by Gasteiger charge is -2.35. The molecule has 4 heteroatoms. The summed E-state index contributed by atoms with van der Waals surface area (Å²) in [7, 11) is 0. The minimum atomic E-state index is -0.707. The predicted octanol–water partition coefficient (Wildman–Crippen LogP) is 4.85. The number of hydrogen-bond donors (Lipinski definition) is 2. The molecule has 0 fully saturated rings. The van der Waals surface area contributed by atoms with Crippen molar-refractivity contribution in [3.8, 4) is 0 Å². The predicted molar refractivity (Wildman–Crippen MR) is 105 cm³/mol. The Morgan fingerprint density at radius 2 is 1.20 bits per heavy atom. The summed E-state index contributed by atoms with van der Waals surface area (Å²) in [6.07, 6.45) is 5.98. The van der Waals surface area contributed by atoms with Gasteiger partial charge in [0.1, 0.15) is 0 Å². The molecule has 0 saturated heterocycles. The van der Waals surface area contributed by atoms with E-state index in [1.165, 1.54) is 0 Å². The minimum absolute atomic E-state index is 0.259. The van der Waals surface area contributed by atoms with Crippen molar-refractivity contribution in [1.82, 2.24) is 0 Å². The maximum atomic E-state index is 10.3. The quantitative estimate of drug-likeness (QED) is 0.435. The first-order chi connectivity index (χ1) is 11.2. The Labute approximate surface area is 156 Å². The van der Waals surface area contributed by atoms with Gasteiger partial charge < -0.3 is 19.7 Å². The van der Waals surface area contributed by atoms with E-state index in [4.69, 9.17) is 9.47 Å². The summed E-state index contributed by atoms with van der Waals surface area (Å²) >= 11 is 0. The summed E-state index contributed by atoms with van der Waals surface area (Å²) in [4.78, 5) is 0. The molecular formula is C21H44O4. The molecule has 2 atom stereocenters. The number of hydrogen-bond acceptors (Lipinski definition) is 4. The monoisotopic (exact) mass is 360 g/mol. The van der Waals surface area contributed by atoms with E-state index in [0.717, 1.165) is 38.7 Å². The molecule has 25 heavy (non-hydrogen) atoms. The van der Waals surface area contributed by atoms with E-state index in [-0.39, 0.29) is 11.2 Å². The van der Waals surface area contributed by atoms with E-state index in [2.05, 4.69) is 13.8 Å². The van der Waals surface area contributed by atoms with Crippen LogP contribution in [0.1, 0.15) is 100 Å². The molecule has 0 aliphatic heterocycles. The molecule has 4 nitrogen and oxygen atoms in total. The molecule has 0 aromatic heterocycles.